The highest BCUT2D eigenvalue weighted by atomic mass is 16.3. The molecule has 0 spiro atoms. The number of β-amino-alcohol motifs (C(OH)–C–C–N with tert-alkyl or cyclic N) is 1. The molecule has 1 heterocycles. The van der Waals surface area contributed by atoms with E-state index in [1.165, 1.54) is 4.90 Å². The molecule has 0 aliphatic carbocycles. The van der Waals surface area contributed by atoms with E-state index in [0.29, 0.717) is 13.1 Å². The molecule has 82 valence electrons. The van der Waals surface area contributed by atoms with Crippen molar-refractivity contribution in [2.75, 3.05) is 39.8 Å². The van der Waals surface area contributed by atoms with E-state index in [4.69, 9.17) is 5.11 Å². The molecule has 0 aromatic rings. The van der Waals surface area contributed by atoms with Crippen LogP contribution in [-0.4, -0.2) is 71.4 Å². The first-order chi connectivity index (χ1) is 6.44. The predicted molar refractivity (Wildman–Crippen MR) is 51.8 cm³/mol. The number of nitrogens with zero attached hydrogens (tertiary/aromatic N) is 2. The molecule has 1 fully saturated rings. The molecule has 1 saturated heterocycles. The molecule has 1 rings (SSSR count). The second-order valence-electron chi connectivity index (χ2n) is 4.21. The highest BCUT2D eigenvalue weighted by molar-refractivity contribution is 5.77. The van der Waals surface area contributed by atoms with E-state index in [1.807, 2.05) is 11.9 Å². The largest absolute Gasteiger partial charge is 0.387 e. The minimum atomic E-state index is -0.893. The number of carbonyl (C=O) groups excluding carboxylic acids is 1. The lowest BCUT2D eigenvalue weighted by Crippen LogP contribution is -2.46. The van der Waals surface area contributed by atoms with Gasteiger partial charge in [0.1, 0.15) is 6.61 Å². The lowest BCUT2D eigenvalue weighted by atomic mass is 10.1. The van der Waals surface area contributed by atoms with Crippen LogP contribution in [0, 0.1) is 0 Å². The van der Waals surface area contributed by atoms with Gasteiger partial charge in [-0.1, -0.05) is 0 Å². The zero-order valence-electron chi connectivity index (χ0n) is 8.73. The Morgan fingerprint density at radius 2 is 2.07 bits per heavy atom. The SMILES string of the molecule is CN1CCN(C(=O)CO)CC(C)(O)C1. The van der Waals surface area contributed by atoms with Gasteiger partial charge < -0.3 is 20.0 Å². The Morgan fingerprint density at radius 3 is 2.64 bits per heavy atom. The number of hydrogen-bond donors (Lipinski definition) is 2. The molecule has 14 heavy (non-hydrogen) atoms. The van der Waals surface area contributed by atoms with Crippen LogP contribution in [0.5, 0.6) is 0 Å². The Balaban J connectivity index is 2.67. The van der Waals surface area contributed by atoms with Gasteiger partial charge in [-0.25, -0.2) is 0 Å². The molecule has 0 radical (unpaired) electrons. The summed E-state index contributed by atoms with van der Waals surface area (Å²) in [6.07, 6.45) is 0. The molecule has 5 heteroatoms. The van der Waals surface area contributed by atoms with Crippen LogP contribution >= 0.6 is 0 Å². The van der Waals surface area contributed by atoms with Gasteiger partial charge in [0.2, 0.25) is 5.91 Å². The maximum absolute atomic E-state index is 11.3. The van der Waals surface area contributed by atoms with Crippen LogP contribution in [0.4, 0.5) is 0 Å². The first-order valence-corrected chi connectivity index (χ1v) is 4.74. The second-order valence-corrected chi connectivity index (χ2v) is 4.21. The summed E-state index contributed by atoms with van der Waals surface area (Å²) in [7, 11) is 1.90. The van der Waals surface area contributed by atoms with E-state index < -0.39 is 12.2 Å². The van der Waals surface area contributed by atoms with Crippen molar-refractivity contribution in [3.63, 3.8) is 0 Å². The van der Waals surface area contributed by atoms with Gasteiger partial charge >= 0.3 is 0 Å². The van der Waals surface area contributed by atoms with Gasteiger partial charge in [-0.05, 0) is 14.0 Å². The molecule has 1 amide bonds. The maximum Gasteiger partial charge on any atom is 0.248 e. The lowest BCUT2D eigenvalue weighted by molar-refractivity contribution is -0.136. The molecular weight excluding hydrogens is 184 g/mol. The molecule has 5 nitrogen and oxygen atoms in total. The van der Waals surface area contributed by atoms with Crippen LogP contribution in [0.15, 0.2) is 0 Å². The minimum absolute atomic E-state index is 0.288. The number of rotatable bonds is 1. The molecule has 1 unspecified atom stereocenters. The van der Waals surface area contributed by atoms with E-state index in [-0.39, 0.29) is 12.5 Å². The fourth-order valence-electron chi connectivity index (χ4n) is 1.81. The molecule has 0 bridgehead atoms. The van der Waals surface area contributed by atoms with Gasteiger partial charge in [-0.15, -0.1) is 0 Å². The third-order valence-electron chi connectivity index (χ3n) is 2.38. The Hall–Kier alpha value is -0.650. The van der Waals surface area contributed by atoms with Crippen LogP contribution in [-0.2, 0) is 4.79 Å². The molecule has 1 atom stereocenters. The van der Waals surface area contributed by atoms with Gasteiger partial charge in [-0.3, -0.25) is 4.79 Å². The number of carbonyl (C=O) groups is 1. The molecular formula is C9H18N2O3. The van der Waals surface area contributed by atoms with Gasteiger partial charge in [0.15, 0.2) is 0 Å². The first kappa shape index (κ1) is 11.4. The molecule has 1 aliphatic heterocycles. The average Bonchev–Trinajstić information content (AvgIpc) is 2.22. The van der Waals surface area contributed by atoms with Crippen LogP contribution in [0.3, 0.4) is 0 Å². The third kappa shape index (κ3) is 2.94. The molecule has 0 aromatic carbocycles. The smallest absolute Gasteiger partial charge is 0.248 e. The number of hydrogen-bond acceptors (Lipinski definition) is 4. The molecule has 0 saturated carbocycles. The summed E-state index contributed by atoms with van der Waals surface area (Å²) in [5, 5.41) is 18.7. The highest BCUT2D eigenvalue weighted by Crippen LogP contribution is 2.12. The van der Waals surface area contributed by atoms with Crippen LogP contribution < -0.4 is 0 Å². The fraction of sp³-hybridized carbons (Fsp3) is 0.889. The van der Waals surface area contributed by atoms with E-state index in [1.54, 1.807) is 6.92 Å². The Kier molecular flexibility index (Phi) is 3.47. The molecule has 0 aromatic heterocycles. The van der Waals surface area contributed by atoms with E-state index in [2.05, 4.69) is 0 Å². The van der Waals surface area contributed by atoms with Crippen molar-refractivity contribution in [2.24, 2.45) is 0 Å². The maximum atomic E-state index is 11.3. The third-order valence-corrected chi connectivity index (χ3v) is 2.38. The van der Waals surface area contributed by atoms with Crippen molar-refractivity contribution in [1.82, 2.24) is 9.80 Å². The van der Waals surface area contributed by atoms with Gasteiger partial charge in [-0.2, -0.15) is 0 Å². The van der Waals surface area contributed by atoms with Crippen molar-refractivity contribution in [1.29, 1.82) is 0 Å². The monoisotopic (exact) mass is 202 g/mol. The number of likely N-dealkylation sites (N-methyl/N-ethyl adjacent to an activating group) is 1. The fourth-order valence-corrected chi connectivity index (χ4v) is 1.81. The van der Waals surface area contributed by atoms with Crippen LogP contribution in [0.2, 0.25) is 0 Å². The second kappa shape index (κ2) is 4.25. The number of aliphatic hydroxyl groups excluding tert-OH is 1. The number of amides is 1. The van der Waals surface area contributed by atoms with Crippen molar-refractivity contribution >= 4 is 5.91 Å². The standard InChI is InChI=1S/C9H18N2O3/c1-9(14)6-10(2)3-4-11(7-9)8(13)5-12/h12,14H,3-7H2,1-2H3. The minimum Gasteiger partial charge on any atom is -0.387 e. The topological polar surface area (TPSA) is 64.0 Å². The van der Waals surface area contributed by atoms with Gasteiger partial charge in [0.25, 0.3) is 0 Å². The number of aliphatic hydroxyl groups is 2. The Morgan fingerprint density at radius 1 is 1.43 bits per heavy atom. The summed E-state index contributed by atoms with van der Waals surface area (Å²) < 4.78 is 0. The quantitative estimate of drug-likeness (QED) is 0.543. The Bertz CT molecular complexity index is 218. The van der Waals surface area contributed by atoms with Crippen LogP contribution in [0.1, 0.15) is 6.92 Å². The van der Waals surface area contributed by atoms with E-state index in [0.717, 1.165) is 6.54 Å². The zero-order valence-corrected chi connectivity index (χ0v) is 8.73. The van der Waals surface area contributed by atoms with Crippen molar-refractivity contribution < 1.29 is 15.0 Å². The van der Waals surface area contributed by atoms with Gasteiger partial charge in [0, 0.05) is 19.6 Å². The van der Waals surface area contributed by atoms with Gasteiger partial charge in [0.05, 0.1) is 12.1 Å². The predicted octanol–water partition coefficient (Wildman–Crippen LogP) is -1.50. The molecule has 1 aliphatic rings. The highest BCUT2D eigenvalue weighted by Gasteiger charge is 2.30. The van der Waals surface area contributed by atoms with E-state index in [9.17, 15) is 9.90 Å². The lowest BCUT2D eigenvalue weighted by Gasteiger charge is -2.28. The summed E-state index contributed by atoms with van der Waals surface area (Å²) in [4.78, 5) is 14.7. The average molecular weight is 202 g/mol. The van der Waals surface area contributed by atoms with Crippen molar-refractivity contribution in [3.8, 4) is 0 Å². The first-order valence-electron chi connectivity index (χ1n) is 4.74. The summed E-state index contributed by atoms with van der Waals surface area (Å²) in [5.74, 6) is -0.319. The van der Waals surface area contributed by atoms with Crippen molar-refractivity contribution in [2.45, 2.75) is 12.5 Å². The summed E-state index contributed by atoms with van der Waals surface area (Å²) in [5.41, 5.74) is -0.893. The Labute approximate surface area is 83.9 Å². The van der Waals surface area contributed by atoms with Crippen molar-refractivity contribution in [3.05, 3.63) is 0 Å². The van der Waals surface area contributed by atoms with E-state index >= 15 is 0 Å². The normalized spacial score (nSPS) is 30.1. The summed E-state index contributed by atoms with van der Waals surface area (Å²) >= 11 is 0. The zero-order chi connectivity index (χ0) is 10.8. The van der Waals surface area contributed by atoms with Crippen LogP contribution in [0.25, 0.3) is 0 Å². The summed E-state index contributed by atoms with van der Waals surface area (Å²) in [6, 6.07) is 0. The summed E-state index contributed by atoms with van der Waals surface area (Å²) in [6.45, 7) is 3.33. The molecule has 2 N–H and O–H groups in total.